The number of alkyl halides is 3. The van der Waals surface area contributed by atoms with Gasteiger partial charge in [-0.1, -0.05) is 29.3 Å². The Kier molecular flexibility index (Phi) is 5.12. The zero-order valence-corrected chi connectivity index (χ0v) is 15.1. The Hall–Kier alpha value is -2.58. The summed E-state index contributed by atoms with van der Waals surface area (Å²) >= 11 is 12.0. The fourth-order valence-electron chi connectivity index (χ4n) is 2.13. The van der Waals surface area contributed by atoms with E-state index in [-0.39, 0.29) is 16.6 Å². The van der Waals surface area contributed by atoms with E-state index >= 15 is 0 Å². The largest absolute Gasteiger partial charge is 0.454 e. The summed E-state index contributed by atoms with van der Waals surface area (Å²) in [7, 11) is 0. The van der Waals surface area contributed by atoms with Crippen LogP contribution in [0.2, 0.25) is 10.0 Å². The van der Waals surface area contributed by atoms with Crippen LogP contribution in [-0.4, -0.2) is 14.8 Å². The third-order valence-corrected chi connectivity index (χ3v) is 4.13. The van der Waals surface area contributed by atoms with E-state index in [1.54, 1.807) is 25.1 Å². The molecule has 0 N–H and O–H groups in total. The number of rotatable bonds is 3. The third kappa shape index (κ3) is 4.06. The molecule has 0 spiro atoms. The molecule has 0 aliphatic carbocycles. The van der Waals surface area contributed by atoms with Crippen LogP contribution in [0.5, 0.6) is 11.5 Å². The van der Waals surface area contributed by atoms with Gasteiger partial charge in [0.1, 0.15) is 5.75 Å². The van der Waals surface area contributed by atoms with Crippen LogP contribution in [0, 0.1) is 6.92 Å². The highest BCUT2D eigenvalue weighted by Crippen LogP contribution is 2.31. The van der Waals surface area contributed by atoms with E-state index in [9.17, 15) is 18.0 Å². The molecule has 0 atom stereocenters. The summed E-state index contributed by atoms with van der Waals surface area (Å²) in [5, 5.41) is 4.00. The van der Waals surface area contributed by atoms with Crippen LogP contribution in [0.4, 0.5) is 13.2 Å². The van der Waals surface area contributed by atoms with Crippen molar-refractivity contribution >= 4 is 23.2 Å². The van der Waals surface area contributed by atoms with Crippen LogP contribution >= 0.6 is 23.2 Å². The van der Waals surface area contributed by atoms with Gasteiger partial charge in [-0.05, 0) is 36.8 Å². The molecule has 2 aromatic heterocycles. The van der Waals surface area contributed by atoms with E-state index in [0.717, 1.165) is 22.4 Å². The number of aromatic nitrogens is 3. The lowest BCUT2D eigenvalue weighted by atomic mass is 10.2. The number of hydrogen-bond acceptors (Lipinski definition) is 4. The molecule has 0 bridgehead atoms. The van der Waals surface area contributed by atoms with Crippen molar-refractivity contribution in [3.05, 3.63) is 74.3 Å². The molecule has 10 heteroatoms. The normalized spacial score (nSPS) is 11.5. The monoisotopic (exact) mass is 415 g/mol. The number of aryl methyl sites for hydroxylation is 1. The van der Waals surface area contributed by atoms with Gasteiger partial charge in [-0.2, -0.15) is 23.0 Å². The second-order valence-corrected chi connectivity index (χ2v) is 6.27. The summed E-state index contributed by atoms with van der Waals surface area (Å²) in [6.45, 7) is 1.78. The lowest BCUT2D eigenvalue weighted by molar-refractivity contribution is -0.137. The van der Waals surface area contributed by atoms with Crippen molar-refractivity contribution in [3.63, 3.8) is 0 Å². The fraction of sp³-hybridized carbons (Fsp3) is 0.118. The van der Waals surface area contributed by atoms with Crippen molar-refractivity contribution in [3.8, 4) is 17.3 Å². The predicted molar refractivity (Wildman–Crippen MR) is 93.9 cm³/mol. The lowest BCUT2D eigenvalue weighted by Crippen LogP contribution is -2.23. The Labute approximate surface area is 160 Å². The van der Waals surface area contributed by atoms with Gasteiger partial charge in [-0.25, -0.2) is 4.98 Å². The van der Waals surface area contributed by atoms with E-state index < -0.39 is 17.3 Å². The SMILES string of the molecule is Cc1ccc(Cl)cc1Oc1cnn(-c2ccc(C(F)(F)F)cn2)c(=O)c1Cl. The first-order chi connectivity index (χ1) is 12.7. The van der Waals surface area contributed by atoms with Crippen molar-refractivity contribution in [2.45, 2.75) is 13.1 Å². The van der Waals surface area contributed by atoms with Gasteiger partial charge in [0.15, 0.2) is 16.6 Å². The fourth-order valence-corrected chi connectivity index (χ4v) is 2.46. The average molecular weight is 416 g/mol. The Morgan fingerprint density at radius 2 is 1.81 bits per heavy atom. The number of hydrogen-bond donors (Lipinski definition) is 0. The number of pyridine rings is 1. The Bertz CT molecular complexity index is 1050. The van der Waals surface area contributed by atoms with Crippen LogP contribution in [0.25, 0.3) is 5.82 Å². The summed E-state index contributed by atoms with van der Waals surface area (Å²) in [4.78, 5) is 16.0. The summed E-state index contributed by atoms with van der Waals surface area (Å²) in [5.41, 5.74) is -0.980. The standard InChI is InChI=1S/C17H10Cl2F3N3O2/c1-9-2-4-11(18)6-12(9)27-13-8-24-25(16(26)15(13)19)14-5-3-10(7-23-14)17(20,21)22/h2-8H,1H3. The maximum Gasteiger partial charge on any atom is 0.417 e. The zero-order chi connectivity index (χ0) is 19.8. The quantitative estimate of drug-likeness (QED) is 0.600. The first-order valence-corrected chi connectivity index (χ1v) is 8.18. The van der Waals surface area contributed by atoms with Crippen LogP contribution in [0.3, 0.4) is 0 Å². The minimum atomic E-state index is -4.53. The molecule has 1 aromatic carbocycles. The van der Waals surface area contributed by atoms with Gasteiger partial charge in [0, 0.05) is 11.2 Å². The summed E-state index contributed by atoms with van der Waals surface area (Å²) < 4.78 is 44.2. The maximum atomic E-state index is 12.6. The highest BCUT2D eigenvalue weighted by Gasteiger charge is 2.30. The molecular formula is C17H10Cl2F3N3O2. The minimum absolute atomic E-state index is 0.0183. The second kappa shape index (κ2) is 7.21. The smallest absolute Gasteiger partial charge is 0.417 e. The van der Waals surface area contributed by atoms with E-state index in [1.807, 2.05) is 0 Å². The van der Waals surface area contributed by atoms with Gasteiger partial charge >= 0.3 is 6.18 Å². The van der Waals surface area contributed by atoms with Crippen LogP contribution in [0.1, 0.15) is 11.1 Å². The number of benzene rings is 1. The number of nitrogens with zero attached hydrogens (tertiary/aromatic N) is 3. The molecule has 3 aromatic rings. The summed E-state index contributed by atoms with van der Waals surface area (Å²) in [6, 6.07) is 6.78. The van der Waals surface area contributed by atoms with Crippen molar-refractivity contribution in [1.29, 1.82) is 0 Å². The molecule has 0 aliphatic heterocycles. The van der Waals surface area contributed by atoms with E-state index in [1.165, 1.54) is 6.20 Å². The topological polar surface area (TPSA) is 57.0 Å². The Morgan fingerprint density at radius 3 is 2.44 bits per heavy atom. The molecule has 0 saturated carbocycles. The first-order valence-electron chi connectivity index (χ1n) is 7.42. The predicted octanol–water partition coefficient (Wildman–Crippen LogP) is 5.05. The molecule has 0 unspecified atom stereocenters. The molecule has 0 saturated heterocycles. The van der Waals surface area contributed by atoms with Crippen LogP contribution in [0.15, 0.2) is 47.5 Å². The van der Waals surface area contributed by atoms with Crippen molar-refractivity contribution in [2.24, 2.45) is 0 Å². The molecule has 0 radical (unpaired) electrons. The molecule has 3 rings (SSSR count). The van der Waals surface area contributed by atoms with Crippen molar-refractivity contribution in [2.75, 3.05) is 0 Å². The minimum Gasteiger partial charge on any atom is -0.454 e. The van der Waals surface area contributed by atoms with Gasteiger partial charge in [-0.3, -0.25) is 4.79 Å². The summed E-state index contributed by atoms with van der Waals surface area (Å²) in [6.07, 6.45) is -2.76. The molecule has 5 nitrogen and oxygen atoms in total. The van der Waals surface area contributed by atoms with Crippen LogP contribution < -0.4 is 10.3 Å². The first kappa shape index (κ1) is 19.2. The third-order valence-electron chi connectivity index (χ3n) is 3.55. The number of ether oxygens (including phenoxy) is 1. The molecule has 2 heterocycles. The molecule has 0 fully saturated rings. The Balaban J connectivity index is 1.96. The van der Waals surface area contributed by atoms with Crippen LogP contribution in [-0.2, 0) is 6.18 Å². The molecule has 27 heavy (non-hydrogen) atoms. The highest BCUT2D eigenvalue weighted by molar-refractivity contribution is 6.32. The second-order valence-electron chi connectivity index (χ2n) is 5.45. The molecular weight excluding hydrogens is 406 g/mol. The maximum absolute atomic E-state index is 12.6. The number of halogens is 5. The summed E-state index contributed by atoms with van der Waals surface area (Å²) in [5.74, 6) is 0.256. The van der Waals surface area contributed by atoms with E-state index in [0.29, 0.717) is 17.0 Å². The highest BCUT2D eigenvalue weighted by atomic mass is 35.5. The zero-order valence-electron chi connectivity index (χ0n) is 13.6. The average Bonchev–Trinajstić information content (AvgIpc) is 2.61. The van der Waals surface area contributed by atoms with Gasteiger partial charge in [0.05, 0.1) is 11.8 Å². The van der Waals surface area contributed by atoms with Gasteiger partial charge in [0.2, 0.25) is 0 Å². The molecule has 140 valence electrons. The molecule has 0 amide bonds. The van der Waals surface area contributed by atoms with Crippen molar-refractivity contribution < 1.29 is 17.9 Å². The van der Waals surface area contributed by atoms with Gasteiger partial charge in [-0.15, -0.1) is 0 Å². The van der Waals surface area contributed by atoms with E-state index in [4.69, 9.17) is 27.9 Å². The lowest BCUT2D eigenvalue weighted by Gasteiger charge is -2.12. The molecule has 0 aliphatic rings. The van der Waals surface area contributed by atoms with Gasteiger partial charge < -0.3 is 4.74 Å². The van der Waals surface area contributed by atoms with Crippen molar-refractivity contribution in [1.82, 2.24) is 14.8 Å². The van der Waals surface area contributed by atoms with Gasteiger partial charge in [0.25, 0.3) is 5.56 Å². The Morgan fingerprint density at radius 1 is 1.07 bits per heavy atom. The van der Waals surface area contributed by atoms with E-state index in [2.05, 4.69) is 10.1 Å².